The Labute approximate surface area is 151 Å². The largest absolute Gasteiger partial charge is 0.380 e. The molecule has 1 aromatic heterocycles. The number of benzene rings is 2. The van der Waals surface area contributed by atoms with Crippen molar-refractivity contribution >= 4 is 16.6 Å². The van der Waals surface area contributed by atoms with Crippen LogP contribution in [0, 0.1) is 0 Å². The molecule has 0 bridgehead atoms. The number of piperazine rings is 1. The lowest BCUT2D eigenvalue weighted by molar-refractivity contribution is 0.233. The molecule has 1 aliphatic rings. The number of fused-ring (bicyclic) bond motifs is 1. The van der Waals surface area contributed by atoms with Gasteiger partial charge in [-0.3, -0.25) is 9.69 Å². The predicted molar refractivity (Wildman–Crippen MR) is 102 cm³/mol. The molecule has 1 fully saturated rings. The van der Waals surface area contributed by atoms with Crippen molar-refractivity contribution in [2.45, 2.75) is 13.1 Å². The maximum atomic E-state index is 12.1. The molecular weight excluding hydrogens is 328 g/mol. The van der Waals surface area contributed by atoms with E-state index < -0.39 is 0 Å². The summed E-state index contributed by atoms with van der Waals surface area (Å²) in [7, 11) is 0. The van der Waals surface area contributed by atoms with Crippen LogP contribution in [0.2, 0.25) is 0 Å². The Morgan fingerprint density at radius 1 is 1.08 bits per heavy atom. The van der Waals surface area contributed by atoms with Crippen LogP contribution in [0.1, 0.15) is 11.1 Å². The van der Waals surface area contributed by atoms with Crippen molar-refractivity contribution in [3.05, 3.63) is 63.9 Å². The number of aromatic nitrogens is 3. The van der Waals surface area contributed by atoms with E-state index in [1.165, 1.54) is 11.1 Å². The van der Waals surface area contributed by atoms with Crippen molar-refractivity contribution in [3.8, 4) is 0 Å². The van der Waals surface area contributed by atoms with Gasteiger partial charge in [0.25, 0.3) is 5.56 Å². The molecule has 26 heavy (non-hydrogen) atoms. The van der Waals surface area contributed by atoms with Crippen molar-refractivity contribution in [2.75, 3.05) is 31.5 Å². The van der Waals surface area contributed by atoms with Gasteiger partial charge in [0, 0.05) is 45.0 Å². The summed E-state index contributed by atoms with van der Waals surface area (Å²) in [6, 6.07) is 14.1. The average Bonchev–Trinajstić information content (AvgIpc) is 2.68. The van der Waals surface area contributed by atoms with Gasteiger partial charge >= 0.3 is 0 Å². The van der Waals surface area contributed by atoms with E-state index in [0.29, 0.717) is 17.4 Å². The molecule has 1 saturated heterocycles. The number of H-pyrrole nitrogens is 1. The molecule has 3 N–H and O–H groups in total. The molecule has 0 amide bonds. The number of hydrogen-bond acceptors (Lipinski definition) is 6. The second-order valence-electron chi connectivity index (χ2n) is 6.54. The molecule has 0 atom stereocenters. The SMILES string of the molecule is O=c1[nH]nnc2cccc(NCc3cccc(CN4CCNCC4)c3)c12. The van der Waals surface area contributed by atoms with E-state index in [4.69, 9.17) is 0 Å². The maximum absolute atomic E-state index is 12.1. The van der Waals surface area contributed by atoms with Gasteiger partial charge in [0.05, 0.1) is 5.39 Å². The van der Waals surface area contributed by atoms with Crippen molar-refractivity contribution in [3.63, 3.8) is 0 Å². The third-order valence-electron chi connectivity index (χ3n) is 4.67. The van der Waals surface area contributed by atoms with E-state index in [1.54, 1.807) is 6.07 Å². The van der Waals surface area contributed by atoms with Crippen molar-refractivity contribution in [2.24, 2.45) is 0 Å². The Hall–Kier alpha value is -2.77. The number of nitrogens with zero attached hydrogens (tertiary/aromatic N) is 3. The molecule has 3 aromatic rings. The van der Waals surface area contributed by atoms with Gasteiger partial charge in [0.2, 0.25) is 0 Å². The smallest absolute Gasteiger partial charge is 0.277 e. The molecule has 0 saturated carbocycles. The highest BCUT2D eigenvalue weighted by Gasteiger charge is 2.10. The standard InChI is InChI=1S/C19H22N6O/c26-19-18-16(5-2-6-17(18)22-24-23-19)21-12-14-3-1-4-15(11-14)13-25-9-7-20-8-10-25/h1-6,11,20-21H,7-10,12-13H2,(H,22,23,26). The fourth-order valence-corrected chi connectivity index (χ4v) is 3.35. The average molecular weight is 350 g/mol. The molecule has 7 nitrogen and oxygen atoms in total. The predicted octanol–water partition coefficient (Wildman–Crippen LogP) is 1.34. The van der Waals surface area contributed by atoms with Gasteiger partial charge in [0.1, 0.15) is 5.52 Å². The molecule has 1 aliphatic heterocycles. The normalized spacial score (nSPS) is 15.2. The minimum absolute atomic E-state index is 0.231. The van der Waals surface area contributed by atoms with Gasteiger partial charge in [0.15, 0.2) is 0 Å². The second-order valence-corrected chi connectivity index (χ2v) is 6.54. The van der Waals surface area contributed by atoms with E-state index in [1.807, 2.05) is 12.1 Å². The maximum Gasteiger partial charge on any atom is 0.277 e. The molecule has 0 unspecified atom stereocenters. The monoisotopic (exact) mass is 350 g/mol. The van der Waals surface area contributed by atoms with Crippen LogP contribution in [0.4, 0.5) is 5.69 Å². The highest BCUT2D eigenvalue weighted by Crippen LogP contribution is 2.18. The van der Waals surface area contributed by atoms with Gasteiger partial charge in [-0.2, -0.15) is 0 Å². The summed E-state index contributed by atoms with van der Waals surface area (Å²) in [6.07, 6.45) is 0. The summed E-state index contributed by atoms with van der Waals surface area (Å²) in [4.78, 5) is 14.5. The van der Waals surface area contributed by atoms with E-state index >= 15 is 0 Å². The van der Waals surface area contributed by atoms with Crippen LogP contribution in [0.3, 0.4) is 0 Å². The van der Waals surface area contributed by atoms with Crippen LogP contribution in [-0.4, -0.2) is 46.5 Å². The Morgan fingerprint density at radius 2 is 1.88 bits per heavy atom. The summed E-state index contributed by atoms with van der Waals surface area (Å²) in [5.74, 6) is 0. The summed E-state index contributed by atoms with van der Waals surface area (Å²) in [5, 5.41) is 17.3. The Kier molecular flexibility index (Phi) is 4.90. The van der Waals surface area contributed by atoms with Crippen molar-refractivity contribution < 1.29 is 0 Å². The summed E-state index contributed by atoms with van der Waals surface area (Å²) in [5.41, 5.74) is 3.63. The van der Waals surface area contributed by atoms with Gasteiger partial charge in [-0.1, -0.05) is 35.5 Å². The van der Waals surface area contributed by atoms with Crippen LogP contribution in [0.15, 0.2) is 47.3 Å². The number of aromatic amines is 1. The lowest BCUT2D eigenvalue weighted by Crippen LogP contribution is -2.42. The molecule has 2 heterocycles. The second kappa shape index (κ2) is 7.63. The van der Waals surface area contributed by atoms with E-state index in [-0.39, 0.29) is 5.56 Å². The molecule has 0 radical (unpaired) electrons. The summed E-state index contributed by atoms with van der Waals surface area (Å²) < 4.78 is 0. The van der Waals surface area contributed by atoms with Crippen LogP contribution < -0.4 is 16.2 Å². The minimum Gasteiger partial charge on any atom is -0.380 e. The zero-order chi connectivity index (χ0) is 17.8. The zero-order valence-electron chi connectivity index (χ0n) is 14.5. The lowest BCUT2D eigenvalue weighted by atomic mass is 10.1. The first-order valence-electron chi connectivity index (χ1n) is 8.88. The molecule has 0 aliphatic carbocycles. The summed E-state index contributed by atoms with van der Waals surface area (Å²) >= 11 is 0. The highest BCUT2D eigenvalue weighted by atomic mass is 16.1. The molecule has 2 aromatic carbocycles. The van der Waals surface area contributed by atoms with Gasteiger partial charge in [-0.25, -0.2) is 5.10 Å². The van der Waals surface area contributed by atoms with Crippen LogP contribution >= 0.6 is 0 Å². The highest BCUT2D eigenvalue weighted by molar-refractivity contribution is 5.90. The lowest BCUT2D eigenvalue weighted by Gasteiger charge is -2.27. The molecule has 0 spiro atoms. The first kappa shape index (κ1) is 16.7. The molecule has 134 valence electrons. The van der Waals surface area contributed by atoms with E-state index in [9.17, 15) is 4.79 Å². The van der Waals surface area contributed by atoms with Crippen LogP contribution in [0.25, 0.3) is 10.9 Å². The Bertz CT molecular complexity index is 943. The third kappa shape index (κ3) is 3.74. The molecule has 4 rings (SSSR count). The first-order valence-corrected chi connectivity index (χ1v) is 8.88. The number of anilines is 1. The zero-order valence-corrected chi connectivity index (χ0v) is 14.5. The minimum atomic E-state index is -0.231. The van der Waals surface area contributed by atoms with Gasteiger partial charge in [-0.15, -0.1) is 5.10 Å². The van der Waals surface area contributed by atoms with Gasteiger partial charge < -0.3 is 10.6 Å². The topological polar surface area (TPSA) is 85.9 Å². The van der Waals surface area contributed by atoms with Crippen LogP contribution in [0.5, 0.6) is 0 Å². The third-order valence-corrected chi connectivity index (χ3v) is 4.67. The van der Waals surface area contributed by atoms with E-state index in [0.717, 1.165) is 38.4 Å². The first-order chi connectivity index (χ1) is 12.8. The fourth-order valence-electron chi connectivity index (χ4n) is 3.35. The number of rotatable bonds is 5. The van der Waals surface area contributed by atoms with Crippen LogP contribution in [-0.2, 0) is 13.1 Å². The Balaban J connectivity index is 1.48. The Morgan fingerprint density at radius 3 is 2.77 bits per heavy atom. The number of hydrogen-bond donors (Lipinski definition) is 3. The molecular formula is C19H22N6O. The quantitative estimate of drug-likeness (QED) is 0.644. The summed E-state index contributed by atoms with van der Waals surface area (Å²) in [6.45, 7) is 5.90. The molecule has 7 heteroatoms. The fraction of sp³-hybridized carbons (Fsp3) is 0.316. The number of nitrogens with one attached hydrogen (secondary N) is 3. The van der Waals surface area contributed by atoms with Crippen molar-refractivity contribution in [1.29, 1.82) is 0 Å². The van der Waals surface area contributed by atoms with E-state index in [2.05, 4.69) is 55.2 Å². The van der Waals surface area contributed by atoms with Gasteiger partial charge in [-0.05, 0) is 23.3 Å². The van der Waals surface area contributed by atoms with Crippen molar-refractivity contribution in [1.82, 2.24) is 25.6 Å².